The Morgan fingerprint density at radius 3 is 2.92 bits per heavy atom. The first-order valence-electron chi connectivity index (χ1n) is 7.13. The van der Waals surface area contributed by atoms with Gasteiger partial charge in [0.15, 0.2) is 4.80 Å². The molecule has 0 saturated heterocycles. The minimum atomic E-state index is -0.329. The van der Waals surface area contributed by atoms with Crippen molar-refractivity contribution in [2.75, 3.05) is 0 Å². The Balaban J connectivity index is 1.95. The van der Waals surface area contributed by atoms with Crippen molar-refractivity contribution in [3.63, 3.8) is 0 Å². The topological polar surface area (TPSA) is 73.3 Å². The van der Waals surface area contributed by atoms with E-state index in [1.165, 1.54) is 11.3 Å². The highest BCUT2D eigenvalue weighted by molar-refractivity contribution is 7.13. The molecular formula is C16H12N4O2S2. The summed E-state index contributed by atoms with van der Waals surface area (Å²) < 4.78 is 7.09. The van der Waals surface area contributed by atoms with Crippen LogP contribution in [0.15, 0.2) is 44.7 Å². The first kappa shape index (κ1) is 15.0. The van der Waals surface area contributed by atoms with Crippen LogP contribution in [0.1, 0.15) is 16.1 Å². The zero-order chi connectivity index (χ0) is 16.7. The van der Waals surface area contributed by atoms with Crippen LogP contribution in [0.5, 0.6) is 0 Å². The normalized spacial score (nSPS) is 12.2. The van der Waals surface area contributed by atoms with E-state index in [9.17, 15) is 4.79 Å². The van der Waals surface area contributed by atoms with Gasteiger partial charge in [0.2, 0.25) is 0 Å². The molecule has 8 heteroatoms. The fraction of sp³-hybridized carbons (Fsp3) is 0.125. The number of aromatic nitrogens is 3. The van der Waals surface area contributed by atoms with E-state index in [2.05, 4.69) is 15.1 Å². The van der Waals surface area contributed by atoms with Gasteiger partial charge in [0.05, 0.1) is 27.2 Å². The van der Waals surface area contributed by atoms with Gasteiger partial charge < -0.3 is 9.09 Å². The molecule has 0 aliphatic carbocycles. The molecule has 4 aromatic rings. The van der Waals surface area contributed by atoms with Crippen molar-refractivity contribution in [1.29, 1.82) is 0 Å². The lowest BCUT2D eigenvalue weighted by Crippen LogP contribution is -2.13. The fourth-order valence-electron chi connectivity index (χ4n) is 2.40. The van der Waals surface area contributed by atoms with Gasteiger partial charge in [-0.3, -0.25) is 4.79 Å². The van der Waals surface area contributed by atoms with Gasteiger partial charge in [-0.2, -0.15) is 4.99 Å². The Bertz CT molecular complexity index is 1100. The molecule has 0 aliphatic rings. The molecule has 0 aliphatic heterocycles. The Morgan fingerprint density at radius 2 is 2.21 bits per heavy atom. The van der Waals surface area contributed by atoms with Crippen LogP contribution < -0.4 is 4.80 Å². The maximum absolute atomic E-state index is 12.8. The van der Waals surface area contributed by atoms with Gasteiger partial charge in [-0.15, -0.1) is 22.7 Å². The number of carbonyl (C=O) groups excluding carboxylic acids is 1. The van der Waals surface area contributed by atoms with Gasteiger partial charge >= 0.3 is 0 Å². The van der Waals surface area contributed by atoms with Crippen molar-refractivity contribution in [2.45, 2.75) is 6.92 Å². The van der Waals surface area contributed by atoms with Gasteiger partial charge in [-0.25, -0.2) is 4.98 Å². The number of rotatable bonds is 2. The van der Waals surface area contributed by atoms with E-state index in [-0.39, 0.29) is 5.91 Å². The summed E-state index contributed by atoms with van der Waals surface area (Å²) in [4.78, 5) is 23.1. The number of nitrogens with zero attached hydrogens (tertiary/aromatic N) is 4. The molecule has 0 unspecified atom stereocenters. The molecule has 0 radical (unpaired) electrons. The molecule has 24 heavy (non-hydrogen) atoms. The molecule has 4 heterocycles. The second-order valence-electron chi connectivity index (χ2n) is 5.19. The summed E-state index contributed by atoms with van der Waals surface area (Å²) in [6.45, 7) is 1.79. The second kappa shape index (κ2) is 5.81. The van der Waals surface area contributed by atoms with Gasteiger partial charge in [0.1, 0.15) is 0 Å². The summed E-state index contributed by atoms with van der Waals surface area (Å²) in [6, 6.07) is 5.65. The van der Waals surface area contributed by atoms with Crippen LogP contribution in [-0.2, 0) is 7.05 Å². The van der Waals surface area contributed by atoms with E-state index < -0.39 is 0 Å². The standard InChI is InChI=1S/C16H12N4O2S2/c1-9-13-10(14(21)18-16-20(2)5-7-24-16)8-11(12-4-3-6-23-12)17-15(13)22-19-9/h3-8H,1-2H3. The van der Waals surface area contributed by atoms with Gasteiger partial charge in [-0.1, -0.05) is 11.2 Å². The van der Waals surface area contributed by atoms with Gasteiger partial charge in [0, 0.05) is 18.6 Å². The molecule has 4 rings (SSSR count). The lowest BCUT2D eigenvalue weighted by molar-refractivity contribution is 0.0999. The van der Waals surface area contributed by atoms with Crippen molar-refractivity contribution < 1.29 is 9.32 Å². The third-order valence-corrected chi connectivity index (χ3v) is 5.32. The lowest BCUT2D eigenvalue weighted by atomic mass is 10.1. The Hall–Kier alpha value is -2.58. The zero-order valence-electron chi connectivity index (χ0n) is 12.9. The van der Waals surface area contributed by atoms with E-state index in [4.69, 9.17) is 4.52 Å². The number of pyridine rings is 1. The summed E-state index contributed by atoms with van der Waals surface area (Å²) in [5.74, 6) is -0.329. The summed E-state index contributed by atoms with van der Waals surface area (Å²) in [5.41, 5.74) is 2.12. The van der Waals surface area contributed by atoms with Crippen LogP contribution in [0.25, 0.3) is 21.7 Å². The monoisotopic (exact) mass is 356 g/mol. The Labute approximate surface area is 144 Å². The van der Waals surface area contributed by atoms with Crippen LogP contribution in [0, 0.1) is 6.92 Å². The van der Waals surface area contributed by atoms with Crippen molar-refractivity contribution in [3.05, 3.63) is 51.2 Å². The van der Waals surface area contributed by atoms with Crippen LogP contribution in [0.3, 0.4) is 0 Å². The zero-order valence-corrected chi connectivity index (χ0v) is 14.5. The lowest BCUT2D eigenvalue weighted by Gasteiger charge is -2.02. The number of aryl methyl sites for hydroxylation is 2. The molecule has 0 atom stereocenters. The molecule has 4 aromatic heterocycles. The first-order valence-corrected chi connectivity index (χ1v) is 8.89. The number of fused-ring (bicyclic) bond motifs is 1. The molecule has 0 saturated carbocycles. The average Bonchev–Trinajstić information content (AvgIpc) is 3.30. The summed E-state index contributed by atoms with van der Waals surface area (Å²) in [7, 11) is 1.85. The van der Waals surface area contributed by atoms with Crippen molar-refractivity contribution in [2.24, 2.45) is 12.0 Å². The van der Waals surface area contributed by atoms with Gasteiger partial charge in [-0.05, 0) is 24.4 Å². The highest BCUT2D eigenvalue weighted by Gasteiger charge is 2.19. The summed E-state index contributed by atoms with van der Waals surface area (Å²) in [6.07, 6.45) is 1.86. The molecule has 120 valence electrons. The van der Waals surface area contributed by atoms with Crippen molar-refractivity contribution in [3.8, 4) is 10.6 Å². The van der Waals surface area contributed by atoms with Crippen LogP contribution in [-0.4, -0.2) is 20.6 Å². The van der Waals surface area contributed by atoms with E-state index in [1.807, 2.05) is 40.7 Å². The molecule has 0 N–H and O–H groups in total. The van der Waals surface area contributed by atoms with Gasteiger partial charge in [0.25, 0.3) is 11.6 Å². The molecule has 0 spiro atoms. The predicted octanol–water partition coefficient (Wildman–Crippen LogP) is 3.40. The highest BCUT2D eigenvalue weighted by atomic mass is 32.1. The van der Waals surface area contributed by atoms with Crippen LogP contribution in [0.4, 0.5) is 0 Å². The maximum atomic E-state index is 12.8. The first-order chi connectivity index (χ1) is 11.6. The van der Waals surface area contributed by atoms with E-state index in [0.29, 0.717) is 32.9 Å². The molecule has 1 amide bonds. The minimum Gasteiger partial charge on any atom is -0.335 e. The molecule has 0 fully saturated rings. The molecular weight excluding hydrogens is 344 g/mol. The number of amides is 1. The highest BCUT2D eigenvalue weighted by Crippen LogP contribution is 2.29. The maximum Gasteiger partial charge on any atom is 0.280 e. The molecule has 6 nitrogen and oxygen atoms in total. The predicted molar refractivity (Wildman–Crippen MR) is 93.0 cm³/mol. The second-order valence-corrected chi connectivity index (χ2v) is 7.01. The Morgan fingerprint density at radius 1 is 1.33 bits per heavy atom. The number of hydrogen-bond donors (Lipinski definition) is 0. The van der Waals surface area contributed by atoms with Crippen LogP contribution in [0.2, 0.25) is 0 Å². The minimum absolute atomic E-state index is 0.329. The van der Waals surface area contributed by atoms with E-state index in [0.717, 1.165) is 4.88 Å². The smallest absolute Gasteiger partial charge is 0.280 e. The third-order valence-electron chi connectivity index (χ3n) is 3.58. The summed E-state index contributed by atoms with van der Waals surface area (Å²) >= 11 is 2.96. The Kier molecular flexibility index (Phi) is 3.62. The van der Waals surface area contributed by atoms with E-state index >= 15 is 0 Å². The largest absolute Gasteiger partial charge is 0.335 e. The quantitative estimate of drug-likeness (QED) is 0.552. The number of thiophene rings is 1. The molecule has 0 bridgehead atoms. The van der Waals surface area contributed by atoms with Crippen LogP contribution >= 0.6 is 22.7 Å². The van der Waals surface area contributed by atoms with Crippen molar-refractivity contribution in [1.82, 2.24) is 14.7 Å². The number of thiazole rings is 1. The SMILES string of the molecule is Cc1noc2nc(-c3cccs3)cc(C(=O)N=c3sccn3C)c12. The number of carbonyl (C=O) groups is 1. The third kappa shape index (κ3) is 2.49. The van der Waals surface area contributed by atoms with Crippen molar-refractivity contribution >= 4 is 39.7 Å². The number of hydrogen-bond acceptors (Lipinski definition) is 6. The fourth-order valence-corrected chi connectivity index (χ4v) is 3.81. The van der Waals surface area contributed by atoms with E-state index in [1.54, 1.807) is 24.3 Å². The average molecular weight is 356 g/mol. The molecule has 0 aromatic carbocycles. The summed E-state index contributed by atoms with van der Waals surface area (Å²) in [5, 5.41) is 8.41.